The van der Waals surface area contributed by atoms with Crippen LogP contribution in [0, 0.1) is 5.92 Å². The molecule has 2 fully saturated rings. The Labute approximate surface area is 202 Å². The van der Waals surface area contributed by atoms with Gasteiger partial charge >= 0.3 is 0 Å². The fraction of sp³-hybridized carbons (Fsp3) is 0.682. The maximum atomic E-state index is 10.1. The predicted octanol–water partition coefficient (Wildman–Crippen LogP) is 3.27. The number of hydrogen-bond acceptors (Lipinski definition) is 4. The molecule has 3 N–H and O–H groups in total. The number of aliphatic hydroxyl groups excluding tert-OH is 1. The average Bonchev–Trinajstić information content (AvgIpc) is 3.54. The van der Waals surface area contributed by atoms with E-state index >= 15 is 0 Å². The number of halogens is 2. The summed E-state index contributed by atoms with van der Waals surface area (Å²) in [5, 5.41) is 17.7. The number of aliphatic imine (C=N–C) groups is 1. The molecule has 1 saturated heterocycles. The van der Waals surface area contributed by atoms with Gasteiger partial charge in [-0.15, -0.1) is 24.0 Å². The largest absolute Gasteiger partial charge is 0.389 e. The fourth-order valence-electron chi connectivity index (χ4n) is 3.50. The Morgan fingerprint density at radius 2 is 1.93 bits per heavy atom. The number of piperidine rings is 1. The fourth-order valence-corrected chi connectivity index (χ4v) is 3.63. The Bertz CT molecular complexity index is 635. The lowest BCUT2D eigenvalue weighted by Gasteiger charge is -2.33. The molecule has 1 atom stereocenters. The van der Waals surface area contributed by atoms with Gasteiger partial charge in [-0.25, -0.2) is 0 Å². The van der Waals surface area contributed by atoms with Crippen molar-refractivity contribution in [1.82, 2.24) is 15.5 Å². The van der Waals surface area contributed by atoms with Crippen molar-refractivity contribution in [2.75, 3.05) is 39.4 Å². The van der Waals surface area contributed by atoms with E-state index in [9.17, 15) is 5.11 Å². The molecule has 8 heteroatoms. The second kappa shape index (κ2) is 13.7. The number of rotatable bonds is 10. The quantitative estimate of drug-likeness (QED) is 0.237. The van der Waals surface area contributed by atoms with Crippen LogP contribution in [0.2, 0.25) is 5.02 Å². The molecule has 0 aromatic heterocycles. The molecule has 30 heavy (non-hydrogen) atoms. The van der Waals surface area contributed by atoms with E-state index in [1.54, 1.807) is 0 Å². The molecular formula is C22H36ClIN4O2. The van der Waals surface area contributed by atoms with Gasteiger partial charge in [0.25, 0.3) is 0 Å². The van der Waals surface area contributed by atoms with E-state index in [0.717, 1.165) is 62.5 Å². The first-order chi connectivity index (χ1) is 14.1. The molecule has 1 aromatic rings. The van der Waals surface area contributed by atoms with E-state index in [4.69, 9.17) is 16.3 Å². The summed E-state index contributed by atoms with van der Waals surface area (Å²) in [6.07, 6.45) is 4.13. The van der Waals surface area contributed by atoms with Gasteiger partial charge in [0.15, 0.2) is 5.96 Å². The van der Waals surface area contributed by atoms with Gasteiger partial charge in [0.2, 0.25) is 0 Å². The van der Waals surface area contributed by atoms with Crippen LogP contribution in [0.25, 0.3) is 0 Å². The molecule has 1 heterocycles. The summed E-state index contributed by atoms with van der Waals surface area (Å²) in [6.45, 7) is 7.42. The van der Waals surface area contributed by atoms with Crippen LogP contribution in [0.5, 0.6) is 0 Å². The van der Waals surface area contributed by atoms with Crippen LogP contribution in [0.1, 0.15) is 38.2 Å². The molecule has 1 aliphatic carbocycles. The number of guanidine groups is 1. The smallest absolute Gasteiger partial charge is 0.191 e. The van der Waals surface area contributed by atoms with Gasteiger partial charge in [-0.2, -0.15) is 0 Å². The molecule has 1 unspecified atom stereocenters. The topological polar surface area (TPSA) is 69.1 Å². The van der Waals surface area contributed by atoms with Gasteiger partial charge in [0.05, 0.1) is 19.3 Å². The van der Waals surface area contributed by atoms with E-state index in [2.05, 4.69) is 39.6 Å². The lowest BCUT2D eigenvalue weighted by Crippen LogP contribution is -2.48. The van der Waals surface area contributed by atoms with Gasteiger partial charge in [-0.3, -0.25) is 9.89 Å². The van der Waals surface area contributed by atoms with Crippen molar-refractivity contribution in [3.05, 3.63) is 34.9 Å². The van der Waals surface area contributed by atoms with Gasteiger partial charge in [-0.05, 0) is 56.2 Å². The SMILES string of the molecule is CCNC(=NCC(O)COCC1CC1)NC1CCN(Cc2ccc(Cl)cc2)CC1.I. The standard InChI is InChI=1S/C22H35ClN4O2.HI/c1-2-24-22(25-13-21(28)16-29-15-18-3-4-18)26-20-9-11-27(12-10-20)14-17-5-7-19(23)8-6-17;/h5-8,18,20-21,28H,2-4,9-16H2,1H3,(H2,24,25,26);1H. The van der Waals surface area contributed by atoms with Gasteiger partial charge in [-0.1, -0.05) is 23.7 Å². The van der Waals surface area contributed by atoms with Crippen LogP contribution in [0.3, 0.4) is 0 Å². The molecule has 1 aromatic carbocycles. The van der Waals surface area contributed by atoms with E-state index in [1.807, 2.05) is 12.1 Å². The number of benzene rings is 1. The number of aliphatic hydroxyl groups is 1. The van der Waals surface area contributed by atoms with Crippen LogP contribution in [-0.4, -0.2) is 67.5 Å². The van der Waals surface area contributed by atoms with Crippen molar-refractivity contribution in [3.63, 3.8) is 0 Å². The minimum absolute atomic E-state index is 0. The van der Waals surface area contributed by atoms with Crippen molar-refractivity contribution in [3.8, 4) is 0 Å². The van der Waals surface area contributed by atoms with E-state index in [0.29, 0.717) is 19.2 Å². The third-order valence-electron chi connectivity index (χ3n) is 5.41. The van der Waals surface area contributed by atoms with Gasteiger partial charge in [0.1, 0.15) is 0 Å². The van der Waals surface area contributed by atoms with Crippen molar-refractivity contribution in [2.24, 2.45) is 10.9 Å². The Kier molecular flexibility index (Phi) is 11.7. The molecule has 0 spiro atoms. The summed E-state index contributed by atoms with van der Waals surface area (Å²) in [4.78, 5) is 7.03. The number of hydrogen-bond donors (Lipinski definition) is 3. The van der Waals surface area contributed by atoms with Crippen molar-refractivity contribution < 1.29 is 9.84 Å². The van der Waals surface area contributed by atoms with Crippen molar-refractivity contribution in [1.29, 1.82) is 0 Å². The predicted molar refractivity (Wildman–Crippen MR) is 134 cm³/mol. The number of ether oxygens (including phenoxy) is 1. The van der Waals surface area contributed by atoms with Crippen LogP contribution in [0.15, 0.2) is 29.3 Å². The van der Waals surface area contributed by atoms with Crippen molar-refractivity contribution in [2.45, 2.75) is 51.3 Å². The molecular weight excluding hydrogens is 515 g/mol. The minimum atomic E-state index is -0.551. The molecule has 2 aliphatic rings. The number of likely N-dealkylation sites (tertiary alicyclic amines) is 1. The minimum Gasteiger partial charge on any atom is -0.389 e. The Hall–Kier alpha value is -0.610. The average molecular weight is 551 g/mol. The zero-order chi connectivity index (χ0) is 20.5. The third-order valence-corrected chi connectivity index (χ3v) is 5.66. The molecule has 1 saturated carbocycles. The van der Waals surface area contributed by atoms with Crippen LogP contribution in [-0.2, 0) is 11.3 Å². The first kappa shape index (κ1) is 25.6. The summed E-state index contributed by atoms with van der Waals surface area (Å²) in [7, 11) is 0. The summed E-state index contributed by atoms with van der Waals surface area (Å²) in [6, 6.07) is 8.51. The second-order valence-corrected chi connectivity index (χ2v) is 8.61. The zero-order valence-electron chi connectivity index (χ0n) is 17.9. The Morgan fingerprint density at radius 3 is 2.57 bits per heavy atom. The second-order valence-electron chi connectivity index (χ2n) is 8.18. The summed E-state index contributed by atoms with van der Waals surface area (Å²) in [5.41, 5.74) is 1.30. The maximum absolute atomic E-state index is 10.1. The normalized spacial score (nSPS) is 19.2. The Balaban J connectivity index is 0.00000320. The molecule has 1 aliphatic heterocycles. The monoisotopic (exact) mass is 550 g/mol. The summed E-state index contributed by atoms with van der Waals surface area (Å²) >= 11 is 5.97. The number of nitrogens with zero attached hydrogens (tertiary/aromatic N) is 2. The highest BCUT2D eigenvalue weighted by molar-refractivity contribution is 14.0. The molecule has 170 valence electrons. The van der Waals surface area contributed by atoms with Gasteiger partial charge in [0, 0.05) is 43.9 Å². The van der Waals surface area contributed by atoms with Crippen LogP contribution >= 0.6 is 35.6 Å². The lowest BCUT2D eigenvalue weighted by molar-refractivity contribution is 0.0368. The van der Waals surface area contributed by atoms with E-state index in [-0.39, 0.29) is 24.0 Å². The van der Waals surface area contributed by atoms with Gasteiger partial charge < -0.3 is 20.5 Å². The Morgan fingerprint density at radius 1 is 1.23 bits per heavy atom. The lowest BCUT2D eigenvalue weighted by atomic mass is 10.0. The molecule has 0 bridgehead atoms. The number of nitrogens with one attached hydrogen (secondary N) is 2. The van der Waals surface area contributed by atoms with Crippen molar-refractivity contribution >= 4 is 41.5 Å². The highest BCUT2D eigenvalue weighted by Crippen LogP contribution is 2.28. The molecule has 0 radical (unpaired) electrons. The van der Waals surface area contributed by atoms with Crippen LogP contribution in [0.4, 0.5) is 0 Å². The molecule has 0 amide bonds. The third kappa shape index (κ3) is 9.68. The first-order valence-corrected chi connectivity index (χ1v) is 11.3. The highest BCUT2D eigenvalue weighted by atomic mass is 127. The summed E-state index contributed by atoms with van der Waals surface area (Å²) < 4.78 is 5.56. The van der Waals surface area contributed by atoms with E-state index < -0.39 is 6.10 Å². The van der Waals surface area contributed by atoms with E-state index in [1.165, 1.54) is 18.4 Å². The first-order valence-electron chi connectivity index (χ1n) is 10.9. The summed E-state index contributed by atoms with van der Waals surface area (Å²) in [5.74, 6) is 1.50. The van der Waals surface area contributed by atoms with Crippen LogP contribution < -0.4 is 10.6 Å². The molecule has 6 nitrogen and oxygen atoms in total. The maximum Gasteiger partial charge on any atom is 0.191 e. The highest BCUT2D eigenvalue weighted by Gasteiger charge is 2.22. The zero-order valence-corrected chi connectivity index (χ0v) is 20.9. The molecule has 3 rings (SSSR count).